The molecule has 0 atom stereocenters. The molecule has 1 rings (SSSR count). The zero-order valence-corrected chi connectivity index (χ0v) is 15.2. The van der Waals surface area contributed by atoms with Crippen LogP contribution in [0.1, 0.15) is 63.9 Å². The average Bonchev–Trinajstić information content (AvgIpc) is 2.43. The third-order valence-electron chi connectivity index (χ3n) is 3.31. The molecule has 1 aromatic rings. The number of hydrogen-bond donors (Lipinski definition) is 0. The molecule has 1 aromatic heterocycles. The molecule has 0 saturated heterocycles. The Kier molecular flexibility index (Phi) is 13.0. The SMILES string of the molecule is CCCCC#CCCCCCC[n+]1ccc(C)cc1.[I-]. The van der Waals surface area contributed by atoms with Gasteiger partial charge in [0.05, 0.1) is 0 Å². The molecule has 112 valence electrons. The van der Waals surface area contributed by atoms with Gasteiger partial charge >= 0.3 is 0 Å². The average molecular weight is 385 g/mol. The third kappa shape index (κ3) is 10.3. The van der Waals surface area contributed by atoms with E-state index in [1.165, 1.54) is 44.1 Å². The fourth-order valence-electron chi connectivity index (χ4n) is 1.98. The van der Waals surface area contributed by atoms with E-state index in [9.17, 15) is 0 Å². The van der Waals surface area contributed by atoms with Crippen LogP contribution in [0.2, 0.25) is 0 Å². The lowest BCUT2D eigenvalue weighted by Crippen LogP contribution is -3.00. The van der Waals surface area contributed by atoms with Gasteiger partial charge in [-0.3, -0.25) is 0 Å². The smallest absolute Gasteiger partial charge is 0.169 e. The number of rotatable bonds is 8. The minimum absolute atomic E-state index is 0. The van der Waals surface area contributed by atoms with Gasteiger partial charge in [-0.05, 0) is 31.7 Å². The van der Waals surface area contributed by atoms with Gasteiger partial charge in [0.15, 0.2) is 12.4 Å². The highest BCUT2D eigenvalue weighted by Gasteiger charge is 1.98. The lowest BCUT2D eigenvalue weighted by atomic mass is 10.1. The van der Waals surface area contributed by atoms with E-state index in [-0.39, 0.29) is 24.0 Å². The molecule has 0 radical (unpaired) electrons. The van der Waals surface area contributed by atoms with Crippen LogP contribution in [0.3, 0.4) is 0 Å². The van der Waals surface area contributed by atoms with Crippen LogP contribution in [0, 0.1) is 18.8 Å². The van der Waals surface area contributed by atoms with Crippen molar-refractivity contribution >= 4 is 0 Å². The predicted octanol–water partition coefficient (Wildman–Crippen LogP) is 1.43. The van der Waals surface area contributed by atoms with Crippen molar-refractivity contribution in [1.82, 2.24) is 0 Å². The third-order valence-corrected chi connectivity index (χ3v) is 3.31. The van der Waals surface area contributed by atoms with Crippen molar-refractivity contribution < 1.29 is 28.5 Å². The second kappa shape index (κ2) is 13.4. The second-order valence-corrected chi connectivity index (χ2v) is 5.23. The second-order valence-electron chi connectivity index (χ2n) is 5.23. The summed E-state index contributed by atoms with van der Waals surface area (Å²) in [5.41, 5.74) is 1.33. The normalized spacial score (nSPS) is 9.50. The molecule has 2 heteroatoms. The molecule has 20 heavy (non-hydrogen) atoms. The highest BCUT2D eigenvalue weighted by Crippen LogP contribution is 2.02. The Bertz CT molecular complexity index is 386. The van der Waals surface area contributed by atoms with Gasteiger partial charge in [0.1, 0.15) is 6.54 Å². The summed E-state index contributed by atoms with van der Waals surface area (Å²) >= 11 is 0. The fourth-order valence-corrected chi connectivity index (χ4v) is 1.98. The number of pyridine rings is 1. The maximum Gasteiger partial charge on any atom is 0.169 e. The molecule has 1 nitrogen and oxygen atoms in total. The van der Waals surface area contributed by atoms with E-state index in [4.69, 9.17) is 0 Å². The Morgan fingerprint density at radius 2 is 1.50 bits per heavy atom. The van der Waals surface area contributed by atoms with Crippen LogP contribution in [-0.2, 0) is 6.54 Å². The molecule has 0 N–H and O–H groups in total. The van der Waals surface area contributed by atoms with Crippen molar-refractivity contribution in [2.45, 2.75) is 71.8 Å². The van der Waals surface area contributed by atoms with Gasteiger partial charge < -0.3 is 24.0 Å². The number of aromatic nitrogens is 1. The van der Waals surface area contributed by atoms with Crippen LogP contribution in [0.15, 0.2) is 24.5 Å². The standard InChI is InChI=1S/C18H28N.HI/c1-3-4-5-6-7-8-9-10-11-12-15-19-16-13-18(2)14-17-19;/h13-14,16-17H,3-5,8-12,15H2,1-2H3;1H/q+1;/p-1. The Morgan fingerprint density at radius 3 is 2.15 bits per heavy atom. The van der Waals surface area contributed by atoms with E-state index in [0.717, 1.165) is 19.4 Å². The molecular weight excluding hydrogens is 357 g/mol. The first-order chi connectivity index (χ1) is 9.33. The molecular formula is C18H28IN. The quantitative estimate of drug-likeness (QED) is 0.276. The molecule has 0 unspecified atom stereocenters. The van der Waals surface area contributed by atoms with Crippen molar-refractivity contribution in [3.8, 4) is 11.8 Å². The zero-order chi connectivity index (χ0) is 13.8. The number of halogens is 1. The summed E-state index contributed by atoms with van der Waals surface area (Å²) in [7, 11) is 0. The summed E-state index contributed by atoms with van der Waals surface area (Å²) in [5.74, 6) is 6.53. The summed E-state index contributed by atoms with van der Waals surface area (Å²) in [6.45, 7) is 5.49. The number of aryl methyl sites for hydroxylation is 2. The molecule has 1 heterocycles. The largest absolute Gasteiger partial charge is 1.00 e. The summed E-state index contributed by atoms with van der Waals surface area (Å²) in [6.07, 6.45) is 14.2. The topological polar surface area (TPSA) is 3.88 Å². The van der Waals surface area contributed by atoms with Crippen LogP contribution in [-0.4, -0.2) is 0 Å². The van der Waals surface area contributed by atoms with Gasteiger partial charge in [0, 0.05) is 31.4 Å². The summed E-state index contributed by atoms with van der Waals surface area (Å²) in [4.78, 5) is 0. The van der Waals surface area contributed by atoms with Crippen molar-refractivity contribution in [1.29, 1.82) is 0 Å². The molecule has 0 aliphatic rings. The molecule has 0 aliphatic carbocycles. The van der Waals surface area contributed by atoms with Crippen LogP contribution in [0.4, 0.5) is 0 Å². The van der Waals surface area contributed by atoms with E-state index < -0.39 is 0 Å². The van der Waals surface area contributed by atoms with E-state index in [1.807, 2.05) is 0 Å². The summed E-state index contributed by atoms with van der Waals surface area (Å²) < 4.78 is 2.28. The lowest BCUT2D eigenvalue weighted by molar-refractivity contribution is -0.697. The summed E-state index contributed by atoms with van der Waals surface area (Å²) in [5, 5.41) is 0. The number of hydrogen-bond acceptors (Lipinski definition) is 0. The first kappa shape index (κ1) is 19.4. The van der Waals surface area contributed by atoms with Crippen LogP contribution < -0.4 is 28.5 Å². The Hall–Kier alpha value is -0.560. The highest BCUT2D eigenvalue weighted by atomic mass is 127. The van der Waals surface area contributed by atoms with E-state index in [2.05, 4.69) is 54.8 Å². The van der Waals surface area contributed by atoms with Gasteiger partial charge in [-0.25, -0.2) is 4.57 Å². The maximum atomic E-state index is 3.28. The first-order valence-corrected chi connectivity index (χ1v) is 7.74. The monoisotopic (exact) mass is 385 g/mol. The zero-order valence-electron chi connectivity index (χ0n) is 13.0. The van der Waals surface area contributed by atoms with Gasteiger partial charge in [-0.2, -0.15) is 0 Å². The van der Waals surface area contributed by atoms with Gasteiger partial charge in [0.25, 0.3) is 0 Å². The fraction of sp³-hybridized carbons (Fsp3) is 0.611. The van der Waals surface area contributed by atoms with Crippen molar-refractivity contribution in [2.24, 2.45) is 0 Å². The van der Waals surface area contributed by atoms with Gasteiger partial charge in [-0.15, -0.1) is 11.8 Å². The predicted molar refractivity (Wildman–Crippen MR) is 81.8 cm³/mol. The molecule has 0 spiro atoms. The van der Waals surface area contributed by atoms with E-state index >= 15 is 0 Å². The lowest BCUT2D eigenvalue weighted by Gasteiger charge is -1.98. The molecule has 0 aliphatic heterocycles. The van der Waals surface area contributed by atoms with Crippen LogP contribution in [0.5, 0.6) is 0 Å². The maximum absolute atomic E-state index is 3.28. The van der Waals surface area contributed by atoms with E-state index in [1.54, 1.807) is 0 Å². The van der Waals surface area contributed by atoms with Gasteiger partial charge in [0.2, 0.25) is 0 Å². The summed E-state index contributed by atoms with van der Waals surface area (Å²) in [6, 6.07) is 4.35. The van der Waals surface area contributed by atoms with Crippen LogP contribution in [0.25, 0.3) is 0 Å². The van der Waals surface area contributed by atoms with Crippen LogP contribution >= 0.6 is 0 Å². The Labute approximate surface area is 142 Å². The van der Waals surface area contributed by atoms with E-state index in [0.29, 0.717) is 0 Å². The first-order valence-electron chi connectivity index (χ1n) is 7.74. The molecule has 0 aromatic carbocycles. The number of nitrogens with zero attached hydrogens (tertiary/aromatic N) is 1. The van der Waals surface area contributed by atoms with Gasteiger partial charge in [-0.1, -0.05) is 19.8 Å². The van der Waals surface area contributed by atoms with Crippen molar-refractivity contribution in [2.75, 3.05) is 0 Å². The molecule has 0 fully saturated rings. The highest BCUT2D eigenvalue weighted by molar-refractivity contribution is 5.03. The Morgan fingerprint density at radius 1 is 0.900 bits per heavy atom. The number of unbranched alkanes of at least 4 members (excludes halogenated alkanes) is 6. The molecule has 0 amide bonds. The minimum Gasteiger partial charge on any atom is -1.00 e. The molecule has 0 saturated carbocycles. The van der Waals surface area contributed by atoms with Crippen molar-refractivity contribution in [3.05, 3.63) is 30.1 Å². The van der Waals surface area contributed by atoms with Crippen molar-refractivity contribution in [3.63, 3.8) is 0 Å². The Balaban J connectivity index is 0.00000361. The minimum atomic E-state index is 0. The molecule has 0 bridgehead atoms.